The van der Waals surface area contributed by atoms with Crippen LogP contribution in [0.2, 0.25) is 0 Å². The van der Waals surface area contributed by atoms with Crippen LogP contribution in [0.1, 0.15) is 0 Å². The van der Waals surface area contributed by atoms with Gasteiger partial charge in [-0.05, 0) is 50.5 Å². The van der Waals surface area contributed by atoms with Crippen molar-refractivity contribution in [2.24, 2.45) is 0 Å². The van der Waals surface area contributed by atoms with Gasteiger partial charge in [-0.2, -0.15) is 0 Å². The second kappa shape index (κ2) is 7.39. The minimum absolute atomic E-state index is 0.188. The van der Waals surface area contributed by atoms with Crippen molar-refractivity contribution in [2.45, 2.75) is 4.90 Å². The second-order valence-corrected chi connectivity index (χ2v) is 7.98. The molecule has 26 heavy (non-hydrogen) atoms. The molecule has 0 aliphatic heterocycles. The summed E-state index contributed by atoms with van der Waals surface area (Å²) in [6, 6.07) is 13.6. The minimum Gasteiger partial charge on any atom is -0.497 e. The van der Waals surface area contributed by atoms with E-state index in [1.54, 1.807) is 55.8 Å². The predicted molar refractivity (Wildman–Crippen MR) is 102 cm³/mol. The van der Waals surface area contributed by atoms with Crippen molar-refractivity contribution >= 4 is 20.9 Å². The van der Waals surface area contributed by atoms with Gasteiger partial charge in [0.2, 0.25) is 0 Å². The third-order valence-electron chi connectivity index (χ3n) is 4.03. The highest BCUT2D eigenvalue weighted by Crippen LogP contribution is 2.27. The first kappa shape index (κ1) is 18.3. The SMILES string of the molecule is COc1ccc2c(ccn2S(=O)(=O)c2cccc(OCCN(C)C)c2)c1. The van der Waals surface area contributed by atoms with E-state index in [1.165, 1.54) is 3.97 Å². The van der Waals surface area contributed by atoms with Gasteiger partial charge in [0.1, 0.15) is 18.1 Å². The zero-order valence-corrected chi connectivity index (χ0v) is 15.9. The third kappa shape index (κ3) is 3.68. The van der Waals surface area contributed by atoms with Gasteiger partial charge in [0, 0.05) is 24.2 Å². The van der Waals surface area contributed by atoms with Crippen LogP contribution in [0.5, 0.6) is 11.5 Å². The normalized spacial score (nSPS) is 11.8. The molecule has 3 rings (SSSR count). The molecule has 0 amide bonds. The molecule has 7 heteroatoms. The molecule has 0 atom stereocenters. The monoisotopic (exact) mass is 374 g/mol. The number of benzene rings is 2. The Morgan fingerprint density at radius 2 is 1.85 bits per heavy atom. The maximum absolute atomic E-state index is 13.1. The zero-order valence-electron chi connectivity index (χ0n) is 15.0. The molecule has 0 saturated heterocycles. The van der Waals surface area contributed by atoms with Gasteiger partial charge >= 0.3 is 0 Å². The summed E-state index contributed by atoms with van der Waals surface area (Å²) >= 11 is 0. The Labute approximate surface area is 153 Å². The lowest BCUT2D eigenvalue weighted by atomic mass is 10.2. The fourth-order valence-electron chi connectivity index (χ4n) is 2.62. The van der Waals surface area contributed by atoms with Crippen LogP contribution in [-0.2, 0) is 10.0 Å². The lowest BCUT2D eigenvalue weighted by molar-refractivity contribution is 0.261. The lowest BCUT2D eigenvalue weighted by Crippen LogP contribution is -2.19. The highest BCUT2D eigenvalue weighted by Gasteiger charge is 2.19. The van der Waals surface area contributed by atoms with Crippen LogP contribution < -0.4 is 9.47 Å². The molecule has 1 aromatic heterocycles. The van der Waals surface area contributed by atoms with Crippen LogP contribution in [0.3, 0.4) is 0 Å². The molecular weight excluding hydrogens is 352 g/mol. The van der Waals surface area contributed by atoms with E-state index in [0.29, 0.717) is 23.6 Å². The molecule has 0 saturated carbocycles. The molecule has 1 heterocycles. The van der Waals surface area contributed by atoms with Crippen LogP contribution in [0.25, 0.3) is 10.9 Å². The van der Waals surface area contributed by atoms with Gasteiger partial charge in [-0.15, -0.1) is 0 Å². The van der Waals surface area contributed by atoms with Gasteiger partial charge < -0.3 is 14.4 Å². The van der Waals surface area contributed by atoms with E-state index in [2.05, 4.69) is 0 Å². The van der Waals surface area contributed by atoms with Crippen molar-refractivity contribution < 1.29 is 17.9 Å². The number of ether oxygens (including phenoxy) is 2. The third-order valence-corrected chi connectivity index (χ3v) is 5.72. The maximum atomic E-state index is 13.1. The molecule has 6 nitrogen and oxygen atoms in total. The first-order valence-corrected chi connectivity index (χ1v) is 9.64. The van der Waals surface area contributed by atoms with Gasteiger partial charge in [-0.1, -0.05) is 6.07 Å². The average molecular weight is 374 g/mol. The molecule has 138 valence electrons. The van der Waals surface area contributed by atoms with Gasteiger partial charge in [0.05, 0.1) is 17.5 Å². The van der Waals surface area contributed by atoms with E-state index in [-0.39, 0.29) is 4.90 Å². The molecule has 2 aromatic carbocycles. The van der Waals surface area contributed by atoms with E-state index in [0.717, 1.165) is 11.9 Å². The number of aromatic nitrogens is 1. The Morgan fingerprint density at radius 1 is 1.04 bits per heavy atom. The van der Waals surface area contributed by atoms with Crippen LogP contribution in [-0.4, -0.2) is 51.6 Å². The Balaban J connectivity index is 1.93. The molecule has 0 bridgehead atoms. The molecule has 3 aromatic rings. The highest BCUT2D eigenvalue weighted by atomic mass is 32.2. The smallest absolute Gasteiger partial charge is 0.268 e. The van der Waals surface area contributed by atoms with Crippen molar-refractivity contribution in [3.05, 3.63) is 54.7 Å². The molecule has 0 unspecified atom stereocenters. The number of fused-ring (bicyclic) bond motifs is 1. The van der Waals surface area contributed by atoms with Crippen LogP contribution in [0, 0.1) is 0 Å². The molecule has 0 aliphatic rings. The Bertz CT molecular complexity index is 1010. The van der Waals surface area contributed by atoms with Gasteiger partial charge in [0.25, 0.3) is 10.0 Å². The van der Waals surface area contributed by atoms with E-state index < -0.39 is 10.0 Å². The van der Waals surface area contributed by atoms with E-state index in [1.807, 2.05) is 25.1 Å². The first-order chi connectivity index (χ1) is 12.4. The van der Waals surface area contributed by atoms with Gasteiger partial charge in [-0.3, -0.25) is 0 Å². The standard InChI is InChI=1S/C19H22N2O4S/c1-20(2)11-12-25-17-5-4-6-18(14-17)26(22,23)21-10-9-15-13-16(24-3)7-8-19(15)21/h4-10,13-14H,11-12H2,1-3H3. The van der Waals surface area contributed by atoms with E-state index in [9.17, 15) is 8.42 Å². The van der Waals surface area contributed by atoms with Crippen LogP contribution in [0.15, 0.2) is 59.6 Å². The van der Waals surface area contributed by atoms with Gasteiger partial charge in [0.15, 0.2) is 0 Å². The summed E-state index contributed by atoms with van der Waals surface area (Å²) in [6.07, 6.45) is 1.55. The van der Waals surface area contributed by atoms with E-state index in [4.69, 9.17) is 9.47 Å². The quantitative estimate of drug-likeness (QED) is 0.636. The number of methoxy groups -OCH3 is 1. The number of rotatable bonds is 7. The summed E-state index contributed by atoms with van der Waals surface area (Å²) in [5, 5.41) is 0.798. The number of hydrogen-bond acceptors (Lipinski definition) is 5. The molecule has 0 aliphatic carbocycles. The minimum atomic E-state index is -3.72. The van der Waals surface area contributed by atoms with Crippen molar-refractivity contribution in [2.75, 3.05) is 34.4 Å². The largest absolute Gasteiger partial charge is 0.497 e. The first-order valence-electron chi connectivity index (χ1n) is 8.20. The predicted octanol–water partition coefficient (Wildman–Crippen LogP) is 2.83. The molecule has 0 fully saturated rings. The zero-order chi connectivity index (χ0) is 18.7. The Hall–Kier alpha value is -2.51. The van der Waals surface area contributed by atoms with Crippen molar-refractivity contribution in [1.29, 1.82) is 0 Å². The molecule has 0 spiro atoms. The van der Waals surface area contributed by atoms with Crippen molar-refractivity contribution in [3.63, 3.8) is 0 Å². The number of likely N-dealkylation sites (N-methyl/N-ethyl adjacent to an activating group) is 1. The summed E-state index contributed by atoms with van der Waals surface area (Å²) in [4.78, 5) is 2.19. The topological polar surface area (TPSA) is 60.8 Å². The fourth-order valence-corrected chi connectivity index (χ4v) is 4.00. The fraction of sp³-hybridized carbons (Fsp3) is 0.263. The van der Waals surface area contributed by atoms with Crippen molar-refractivity contribution in [3.8, 4) is 11.5 Å². The van der Waals surface area contributed by atoms with E-state index >= 15 is 0 Å². The lowest BCUT2D eigenvalue weighted by Gasteiger charge is -2.12. The highest BCUT2D eigenvalue weighted by molar-refractivity contribution is 7.90. The molecule has 0 radical (unpaired) electrons. The van der Waals surface area contributed by atoms with Crippen LogP contribution in [0.4, 0.5) is 0 Å². The second-order valence-electron chi connectivity index (χ2n) is 6.17. The summed E-state index contributed by atoms with van der Waals surface area (Å²) < 4.78 is 38.3. The average Bonchev–Trinajstić information content (AvgIpc) is 3.05. The Kier molecular flexibility index (Phi) is 5.20. The summed E-state index contributed by atoms with van der Waals surface area (Å²) in [6.45, 7) is 1.24. The number of nitrogens with zero attached hydrogens (tertiary/aromatic N) is 2. The summed E-state index contributed by atoms with van der Waals surface area (Å²) in [5.41, 5.74) is 0.602. The van der Waals surface area contributed by atoms with Crippen molar-refractivity contribution in [1.82, 2.24) is 8.87 Å². The molecule has 0 N–H and O–H groups in total. The van der Waals surface area contributed by atoms with Gasteiger partial charge in [-0.25, -0.2) is 12.4 Å². The maximum Gasteiger partial charge on any atom is 0.268 e. The summed E-state index contributed by atoms with van der Waals surface area (Å²) in [5.74, 6) is 1.22. The molecular formula is C19H22N2O4S. The summed E-state index contributed by atoms with van der Waals surface area (Å²) in [7, 11) is 1.77. The Morgan fingerprint density at radius 3 is 2.58 bits per heavy atom. The van der Waals surface area contributed by atoms with Crippen LogP contribution >= 0.6 is 0 Å². The number of hydrogen-bond donors (Lipinski definition) is 0.